The van der Waals surface area contributed by atoms with Gasteiger partial charge in [0.25, 0.3) is 0 Å². The lowest BCUT2D eigenvalue weighted by Gasteiger charge is -2.47. The van der Waals surface area contributed by atoms with E-state index in [1.165, 1.54) is 22.3 Å². The maximum absolute atomic E-state index is 14.1. The normalized spacial score (nSPS) is 21.6. The van der Waals surface area contributed by atoms with Gasteiger partial charge in [0.1, 0.15) is 5.54 Å². The molecule has 29 heavy (non-hydrogen) atoms. The predicted molar refractivity (Wildman–Crippen MR) is 116 cm³/mol. The van der Waals surface area contributed by atoms with E-state index in [9.17, 15) is 4.79 Å². The molecule has 0 saturated carbocycles. The van der Waals surface area contributed by atoms with Crippen LogP contribution in [0.4, 0.5) is 0 Å². The van der Waals surface area contributed by atoms with Gasteiger partial charge in [-0.05, 0) is 35.2 Å². The first-order chi connectivity index (χ1) is 14.2. The van der Waals surface area contributed by atoms with E-state index in [-0.39, 0.29) is 0 Å². The first kappa shape index (κ1) is 18.8. The van der Waals surface area contributed by atoms with Gasteiger partial charge in [0.05, 0.1) is 0 Å². The van der Waals surface area contributed by atoms with Gasteiger partial charge in [-0.15, -0.1) is 0 Å². The first-order valence-corrected chi connectivity index (χ1v) is 11.1. The topological polar surface area (TPSA) is 26.8 Å². The standard InChI is InChI=1S/C25H31N3O/c1-2-26-13-15-28(16-14-26)25(17-21-8-4-5-9-22(21)18-25)24(29)27-12-11-20-7-3-6-10-23(20)19-27/h3-10H,2,11-19H2,1H3. The van der Waals surface area contributed by atoms with Crippen LogP contribution in [0.25, 0.3) is 0 Å². The molecule has 4 heteroatoms. The average Bonchev–Trinajstić information content (AvgIpc) is 3.19. The molecule has 1 saturated heterocycles. The minimum atomic E-state index is -0.407. The molecule has 1 fully saturated rings. The van der Waals surface area contributed by atoms with Crippen LogP contribution in [0.5, 0.6) is 0 Å². The molecule has 0 unspecified atom stereocenters. The van der Waals surface area contributed by atoms with E-state index in [0.717, 1.165) is 65.1 Å². The molecule has 2 aromatic carbocycles. The van der Waals surface area contributed by atoms with Crippen LogP contribution in [0.15, 0.2) is 48.5 Å². The lowest BCUT2D eigenvalue weighted by Crippen LogP contribution is -2.65. The maximum Gasteiger partial charge on any atom is 0.244 e. The Labute approximate surface area is 174 Å². The summed E-state index contributed by atoms with van der Waals surface area (Å²) in [6.45, 7) is 9.00. The second-order valence-electron chi connectivity index (χ2n) is 8.82. The molecule has 0 aromatic heterocycles. The smallest absolute Gasteiger partial charge is 0.244 e. The number of hydrogen-bond acceptors (Lipinski definition) is 3. The van der Waals surface area contributed by atoms with Gasteiger partial charge in [-0.2, -0.15) is 0 Å². The minimum absolute atomic E-state index is 0.341. The van der Waals surface area contributed by atoms with Crippen molar-refractivity contribution < 1.29 is 4.79 Å². The van der Waals surface area contributed by atoms with Crippen LogP contribution < -0.4 is 0 Å². The van der Waals surface area contributed by atoms with Crippen molar-refractivity contribution in [1.29, 1.82) is 0 Å². The lowest BCUT2D eigenvalue weighted by atomic mass is 9.88. The fourth-order valence-corrected chi connectivity index (χ4v) is 5.56. The van der Waals surface area contributed by atoms with Gasteiger partial charge in [0, 0.05) is 52.1 Å². The number of carbonyl (C=O) groups excluding carboxylic acids is 1. The third-order valence-electron chi connectivity index (χ3n) is 7.32. The van der Waals surface area contributed by atoms with E-state index in [2.05, 4.69) is 70.2 Å². The van der Waals surface area contributed by atoms with Crippen molar-refractivity contribution in [1.82, 2.24) is 14.7 Å². The summed E-state index contributed by atoms with van der Waals surface area (Å²) in [6, 6.07) is 17.3. The van der Waals surface area contributed by atoms with Crippen LogP contribution in [0.1, 0.15) is 29.2 Å². The molecule has 2 heterocycles. The Morgan fingerprint density at radius 2 is 1.41 bits per heavy atom. The lowest BCUT2D eigenvalue weighted by molar-refractivity contribution is -0.147. The van der Waals surface area contributed by atoms with Crippen molar-refractivity contribution >= 4 is 5.91 Å². The molecular weight excluding hydrogens is 358 g/mol. The summed E-state index contributed by atoms with van der Waals surface area (Å²) in [4.78, 5) is 21.3. The van der Waals surface area contributed by atoms with Crippen molar-refractivity contribution in [2.75, 3.05) is 39.3 Å². The number of piperazine rings is 1. The molecule has 152 valence electrons. The third-order valence-corrected chi connectivity index (χ3v) is 7.32. The SMILES string of the molecule is CCN1CCN(C2(C(=O)N3CCc4ccccc4C3)Cc3ccccc3C2)CC1. The van der Waals surface area contributed by atoms with Crippen LogP contribution in [0.3, 0.4) is 0 Å². The van der Waals surface area contributed by atoms with Crippen molar-refractivity contribution in [2.24, 2.45) is 0 Å². The van der Waals surface area contributed by atoms with E-state index in [1.54, 1.807) is 0 Å². The molecule has 3 aliphatic rings. The van der Waals surface area contributed by atoms with Crippen LogP contribution >= 0.6 is 0 Å². The van der Waals surface area contributed by atoms with E-state index in [4.69, 9.17) is 0 Å². The fourth-order valence-electron chi connectivity index (χ4n) is 5.56. The highest BCUT2D eigenvalue weighted by Crippen LogP contribution is 2.38. The first-order valence-electron chi connectivity index (χ1n) is 11.1. The Morgan fingerprint density at radius 1 is 0.828 bits per heavy atom. The zero-order chi connectivity index (χ0) is 19.8. The van der Waals surface area contributed by atoms with E-state index >= 15 is 0 Å². The maximum atomic E-state index is 14.1. The number of hydrogen-bond donors (Lipinski definition) is 0. The molecule has 1 amide bonds. The monoisotopic (exact) mass is 389 g/mol. The van der Waals surface area contributed by atoms with Crippen molar-refractivity contribution in [3.8, 4) is 0 Å². The van der Waals surface area contributed by atoms with Gasteiger partial charge in [0.2, 0.25) is 5.91 Å². The summed E-state index contributed by atoms with van der Waals surface area (Å²) < 4.78 is 0. The number of nitrogens with zero attached hydrogens (tertiary/aromatic N) is 3. The second kappa shape index (κ2) is 7.58. The molecule has 2 aromatic rings. The molecule has 2 aliphatic heterocycles. The Morgan fingerprint density at radius 3 is 2.03 bits per heavy atom. The second-order valence-corrected chi connectivity index (χ2v) is 8.82. The number of benzene rings is 2. The Hall–Kier alpha value is -2.17. The number of fused-ring (bicyclic) bond motifs is 2. The number of likely N-dealkylation sites (N-methyl/N-ethyl adjacent to an activating group) is 1. The van der Waals surface area contributed by atoms with Gasteiger partial charge in [0.15, 0.2) is 0 Å². The van der Waals surface area contributed by atoms with E-state index < -0.39 is 5.54 Å². The van der Waals surface area contributed by atoms with Gasteiger partial charge in [-0.1, -0.05) is 55.5 Å². The highest BCUT2D eigenvalue weighted by molar-refractivity contribution is 5.88. The molecule has 0 radical (unpaired) electrons. The third kappa shape index (κ3) is 3.28. The predicted octanol–water partition coefficient (Wildman–Crippen LogP) is 2.75. The van der Waals surface area contributed by atoms with Crippen molar-refractivity contribution in [3.63, 3.8) is 0 Å². The summed E-state index contributed by atoms with van der Waals surface area (Å²) in [5, 5.41) is 0. The average molecular weight is 390 g/mol. The molecular formula is C25H31N3O. The number of carbonyl (C=O) groups is 1. The van der Waals surface area contributed by atoms with Crippen LogP contribution in [0, 0.1) is 0 Å². The summed E-state index contributed by atoms with van der Waals surface area (Å²) >= 11 is 0. The molecule has 1 aliphatic carbocycles. The van der Waals surface area contributed by atoms with Crippen LogP contribution in [-0.2, 0) is 30.6 Å². The number of rotatable bonds is 3. The van der Waals surface area contributed by atoms with Crippen LogP contribution in [-0.4, -0.2) is 65.4 Å². The highest BCUT2D eigenvalue weighted by atomic mass is 16.2. The molecule has 5 rings (SSSR count). The van der Waals surface area contributed by atoms with Gasteiger partial charge in [-0.3, -0.25) is 9.69 Å². The van der Waals surface area contributed by atoms with Crippen LogP contribution in [0.2, 0.25) is 0 Å². The zero-order valence-corrected chi connectivity index (χ0v) is 17.4. The highest BCUT2D eigenvalue weighted by Gasteiger charge is 2.50. The Bertz CT molecular complexity index is 875. The summed E-state index contributed by atoms with van der Waals surface area (Å²) in [6.07, 6.45) is 2.67. The summed E-state index contributed by atoms with van der Waals surface area (Å²) in [7, 11) is 0. The molecule has 0 N–H and O–H groups in total. The Kier molecular flexibility index (Phi) is 4.92. The van der Waals surface area contributed by atoms with Crippen molar-refractivity contribution in [2.45, 2.75) is 38.3 Å². The molecule has 0 atom stereocenters. The van der Waals surface area contributed by atoms with Gasteiger partial charge < -0.3 is 9.80 Å². The summed E-state index contributed by atoms with van der Waals surface area (Å²) in [5.41, 5.74) is 5.02. The van der Waals surface area contributed by atoms with E-state index in [0.29, 0.717) is 5.91 Å². The molecule has 0 spiro atoms. The van der Waals surface area contributed by atoms with E-state index in [1.807, 2.05) is 0 Å². The molecule has 4 nitrogen and oxygen atoms in total. The van der Waals surface area contributed by atoms with Gasteiger partial charge in [-0.25, -0.2) is 0 Å². The quantitative estimate of drug-likeness (QED) is 0.808. The number of amides is 1. The zero-order valence-electron chi connectivity index (χ0n) is 17.4. The molecule has 0 bridgehead atoms. The fraction of sp³-hybridized carbons (Fsp3) is 0.480. The largest absolute Gasteiger partial charge is 0.336 e. The van der Waals surface area contributed by atoms with Gasteiger partial charge >= 0.3 is 0 Å². The Balaban J connectivity index is 1.45. The summed E-state index contributed by atoms with van der Waals surface area (Å²) in [5.74, 6) is 0.341. The minimum Gasteiger partial charge on any atom is -0.336 e. The van der Waals surface area contributed by atoms with Crippen molar-refractivity contribution in [3.05, 3.63) is 70.8 Å².